The summed E-state index contributed by atoms with van der Waals surface area (Å²) in [6, 6.07) is 3.38. The van der Waals surface area contributed by atoms with Gasteiger partial charge >= 0.3 is 0 Å². The molecule has 4 aliphatic rings. The molecule has 2 unspecified atom stereocenters. The Morgan fingerprint density at radius 1 is 1.24 bits per heavy atom. The van der Waals surface area contributed by atoms with Gasteiger partial charge in [0.2, 0.25) is 5.91 Å². The van der Waals surface area contributed by atoms with Crippen molar-refractivity contribution < 1.29 is 4.79 Å². The third kappa shape index (κ3) is 2.24. The Labute approximate surface area is 129 Å². The van der Waals surface area contributed by atoms with Gasteiger partial charge in [0.1, 0.15) is 0 Å². The van der Waals surface area contributed by atoms with Gasteiger partial charge in [-0.05, 0) is 67.9 Å². The summed E-state index contributed by atoms with van der Waals surface area (Å²) < 4.78 is 0. The molecule has 4 bridgehead atoms. The highest BCUT2D eigenvalue weighted by atomic mass is 35.5. The van der Waals surface area contributed by atoms with Gasteiger partial charge in [0, 0.05) is 0 Å². The standard InChI is InChI=1S/C16H20ClN3O/c1-15-5-10-4-11(6-15)8-16(7-10,9-15)14(21)18-13-3-2-12(17)19-20-13/h2-3,10-11H,4-9H2,1H3,(H,18,20,21). The molecule has 21 heavy (non-hydrogen) atoms. The van der Waals surface area contributed by atoms with E-state index in [1.165, 1.54) is 19.3 Å². The van der Waals surface area contributed by atoms with Crippen molar-refractivity contribution >= 4 is 23.3 Å². The van der Waals surface area contributed by atoms with Crippen LogP contribution >= 0.6 is 11.6 Å². The van der Waals surface area contributed by atoms with E-state index in [0.29, 0.717) is 16.4 Å². The maximum Gasteiger partial charge on any atom is 0.231 e. The summed E-state index contributed by atoms with van der Waals surface area (Å²) in [5, 5.41) is 11.1. The van der Waals surface area contributed by atoms with Crippen LogP contribution in [0.2, 0.25) is 5.15 Å². The first-order valence-electron chi connectivity index (χ1n) is 7.77. The molecule has 1 aromatic heterocycles. The summed E-state index contributed by atoms with van der Waals surface area (Å²) in [4.78, 5) is 12.9. The minimum absolute atomic E-state index is 0.138. The first-order valence-corrected chi connectivity index (χ1v) is 8.15. The fourth-order valence-corrected chi connectivity index (χ4v) is 5.72. The molecule has 4 fully saturated rings. The summed E-state index contributed by atoms with van der Waals surface area (Å²) >= 11 is 5.74. The Kier molecular flexibility index (Phi) is 2.84. The number of carbonyl (C=O) groups excluding carboxylic acids is 1. The van der Waals surface area contributed by atoms with Crippen molar-refractivity contribution in [1.29, 1.82) is 0 Å². The Hall–Kier alpha value is -1.16. The number of hydrogen-bond donors (Lipinski definition) is 1. The van der Waals surface area contributed by atoms with E-state index < -0.39 is 0 Å². The van der Waals surface area contributed by atoms with Crippen molar-refractivity contribution in [1.82, 2.24) is 10.2 Å². The monoisotopic (exact) mass is 305 g/mol. The molecule has 0 radical (unpaired) electrons. The minimum Gasteiger partial charge on any atom is -0.309 e. The Bertz CT molecular complexity index is 572. The number of aromatic nitrogens is 2. The molecular formula is C16H20ClN3O. The lowest BCUT2D eigenvalue weighted by Crippen LogP contribution is -2.55. The van der Waals surface area contributed by atoms with E-state index in [1.807, 2.05) is 0 Å². The van der Waals surface area contributed by atoms with E-state index in [1.54, 1.807) is 12.1 Å². The number of rotatable bonds is 2. The van der Waals surface area contributed by atoms with Crippen molar-refractivity contribution in [3.8, 4) is 0 Å². The molecule has 1 heterocycles. The first kappa shape index (κ1) is 13.5. The van der Waals surface area contributed by atoms with E-state index in [2.05, 4.69) is 22.4 Å². The van der Waals surface area contributed by atoms with Crippen LogP contribution in [-0.4, -0.2) is 16.1 Å². The van der Waals surface area contributed by atoms with Crippen LogP contribution in [-0.2, 0) is 4.79 Å². The smallest absolute Gasteiger partial charge is 0.231 e. The van der Waals surface area contributed by atoms with E-state index in [-0.39, 0.29) is 11.3 Å². The SMILES string of the molecule is CC12CC3CC(C1)CC(C(=O)Nc1ccc(Cl)nn1)(C3)C2. The fourth-order valence-electron chi connectivity index (χ4n) is 5.62. The van der Waals surface area contributed by atoms with Crippen LogP contribution in [0, 0.1) is 22.7 Å². The molecule has 1 N–H and O–H groups in total. The molecule has 4 aliphatic carbocycles. The Morgan fingerprint density at radius 3 is 2.52 bits per heavy atom. The lowest BCUT2D eigenvalue weighted by Gasteiger charge is -2.60. The lowest BCUT2D eigenvalue weighted by molar-refractivity contribution is -0.149. The molecule has 112 valence electrons. The molecule has 0 aliphatic heterocycles. The number of amides is 1. The van der Waals surface area contributed by atoms with Gasteiger partial charge in [-0.25, -0.2) is 0 Å². The lowest BCUT2D eigenvalue weighted by atomic mass is 9.44. The molecule has 1 aromatic rings. The van der Waals surface area contributed by atoms with Gasteiger partial charge in [-0.3, -0.25) is 4.79 Å². The highest BCUT2D eigenvalue weighted by molar-refractivity contribution is 6.29. The minimum atomic E-state index is -0.180. The molecule has 4 nitrogen and oxygen atoms in total. The number of halogens is 1. The second-order valence-electron chi connectivity index (χ2n) is 7.75. The third-order valence-corrected chi connectivity index (χ3v) is 5.91. The van der Waals surface area contributed by atoms with Crippen LogP contribution in [0.1, 0.15) is 45.4 Å². The van der Waals surface area contributed by atoms with E-state index in [4.69, 9.17) is 11.6 Å². The summed E-state index contributed by atoms with van der Waals surface area (Å²) in [6.45, 7) is 2.37. The number of anilines is 1. The number of nitrogens with zero attached hydrogens (tertiary/aromatic N) is 2. The maximum absolute atomic E-state index is 12.9. The highest BCUT2D eigenvalue weighted by Gasteiger charge is 2.58. The molecular weight excluding hydrogens is 286 g/mol. The Morgan fingerprint density at radius 2 is 1.95 bits per heavy atom. The number of hydrogen-bond acceptors (Lipinski definition) is 3. The topological polar surface area (TPSA) is 54.9 Å². The summed E-state index contributed by atoms with van der Waals surface area (Å²) in [6.07, 6.45) is 7.06. The van der Waals surface area contributed by atoms with Crippen molar-refractivity contribution in [2.45, 2.75) is 45.4 Å². The van der Waals surface area contributed by atoms with Gasteiger partial charge in [-0.1, -0.05) is 18.5 Å². The van der Waals surface area contributed by atoms with Gasteiger partial charge in [0.05, 0.1) is 5.41 Å². The molecule has 2 atom stereocenters. The van der Waals surface area contributed by atoms with Gasteiger partial charge in [-0.15, -0.1) is 10.2 Å². The van der Waals surface area contributed by atoms with Crippen LogP contribution in [0.5, 0.6) is 0 Å². The van der Waals surface area contributed by atoms with Crippen LogP contribution < -0.4 is 5.32 Å². The van der Waals surface area contributed by atoms with Gasteiger partial charge in [0.15, 0.2) is 11.0 Å². The van der Waals surface area contributed by atoms with Crippen LogP contribution in [0.4, 0.5) is 5.82 Å². The summed E-state index contributed by atoms with van der Waals surface area (Å²) in [5.74, 6) is 2.11. The van der Waals surface area contributed by atoms with Crippen molar-refractivity contribution in [2.24, 2.45) is 22.7 Å². The third-order valence-electron chi connectivity index (χ3n) is 5.71. The highest BCUT2D eigenvalue weighted by Crippen LogP contribution is 2.65. The van der Waals surface area contributed by atoms with Crippen LogP contribution in [0.15, 0.2) is 12.1 Å². The number of carbonyl (C=O) groups is 1. The average Bonchev–Trinajstić information content (AvgIpc) is 2.38. The molecule has 0 saturated heterocycles. The van der Waals surface area contributed by atoms with Crippen molar-refractivity contribution in [3.05, 3.63) is 17.3 Å². The van der Waals surface area contributed by atoms with E-state index in [0.717, 1.165) is 31.1 Å². The van der Waals surface area contributed by atoms with Gasteiger partial charge in [0.25, 0.3) is 0 Å². The zero-order valence-electron chi connectivity index (χ0n) is 12.2. The Balaban J connectivity index is 1.57. The normalized spacial score (nSPS) is 40.3. The predicted molar refractivity (Wildman–Crippen MR) is 80.9 cm³/mol. The molecule has 0 aromatic carbocycles. The quantitative estimate of drug-likeness (QED) is 0.907. The van der Waals surface area contributed by atoms with Crippen molar-refractivity contribution in [3.63, 3.8) is 0 Å². The fraction of sp³-hybridized carbons (Fsp3) is 0.688. The summed E-state index contributed by atoms with van der Waals surface area (Å²) in [5.41, 5.74) is 0.188. The van der Waals surface area contributed by atoms with Gasteiger partial charge in [-0.2, -0.15) is 0 Å². The van der Waals surface area contributed by atoms with E-state index in [9.17, 15) is 4.79 Å². The first-order chi connectivity index (χ1) is 9.96. The predicted octanol–water partition coefficient (Wildman–Crippen LogP) is 3.68. The second kappa shape index (κ2) is 4.42. The van der Waals surface area contributed by atoms with Crippen molar-refractivity contribution in [2.75, 3.05) is 5.32 Å². The van der Waals surface area contributed by atoms with E-state index >= 15 is 0 Å². The number of nitrogens with one attached hydrogen (secondary N) is 1. The van der Waals surface area contributed by atoms with Gasteiger partial charge < -0.3 is 5.32 Å². The molecule has 5 rings (SSSR count). The zero-order valence-corrected chi connectivity index (χ0v) is 13.0. The molecule has 1 amide bonds. The molecule has 4 saturated carbocycles. The second-order valence-corrected chi connectivity index (χ2v) is 8.13. The maximum atomic E-state index is 12.9. The zero-order chi connectivity index (χ0) is 14.7. The molecule has 0 spiro atoms. The average molecular weight is 306 g/mol. The molecule has 5 heteroatoms. The largest absolute Gasteiger partial charge is 0.309 e. The summed E-state index contributed by atoms with van der Waals surface area (Å²) in [7, 11) is 0. The van der Waals surface area contributed by atoms with Crippen LogP contribution in [0.3, 0.4) is 0 Å². The van der Waals surface area contributed by atoms with Crippen LogP contribution in [0.25, 0.3) is 0 Å².